The first-order valence-corrected chi connectivity index (χ1v) is 10.5. The van der Waals surface area contributed by atoms with Crippen LogP contribution in [0.4, 0.5) is 13.2 Å². The van der Waals surface area contributed by atoms with Crippen LogP contribution in [0.3, 0.4) is 0 Å². The van der Waals surface area contributed by atoms with Gasteiger partial charge in [0.15, 0.2) is 0 Å². The molecule has 0 aromatic heterocycles. The number of benzene rings is 2. The van der Waals surface area contributed by atoms with Gasteiger partial charge < -0.3 is 15.0 Å². The number of aryl methyl sites for hydroxylation is 1. The summed E-state index contributed by atoms with van der Waals surface area (Å²) in [6, 6.07) is 9.78. The summed E-state index contributed by atoms with van der Waals surface area (Å²) in [4.78, 5) is 27.0. The van der Waals surface area contributed by atoms with Crippen molar-refractivity contribution in [2.45, 2.75) is 38.9 Å². The maximum Gasteiger partial charge on any atom is 0.416 e. The van der Waals surface area contributed by atoms with Crippen LogP contribution in [-0.2, 0) is 11.0 Å². The molecule has 172 valence electrons. The van der Waals surface area contributed by atoms with E-state index >= 15 is 0 Å². The van der Waals surface area contributed by atoms with Crippen molar-refractivity contribution in [3.63, 3.8) is 0 Å². The first-order chi connectivity index (χ1) is 15.1. The van der Waals surface area contributed by atoms with E-state index in [9.17, 15) is 22.8 Å². The Kier molecular flexibility index (Phi) is 7.11. The van der Waals surface area contributed by atoms with Gasteiger partial charge in [-0.25, -0.2) is 0 Å². The second kappa shape index (κ2) is 9.63. The second-order valence-corrected chi connectivity index (χ2v) is 8.12. The predicted octanol–water partition coefficient (Wildman–Crippen LogP) is 4.75. The van der Waals surface area contributed by atoms with Gasteiger partial charge in [0, 0.05) is 30.1 Å². The number of hydrogen-bond acceptors (Lipinski definition) is 3. The topological polar surface area (TPSA) is 58.6 Å². The Morgan fingerprint density at radius 3 is 2.28 bits per heavy atom. The summed E-state index contributed by atoms with van der Waals surface area (Å²) in [5, 5.41) is 3.03. The number of piperidine rings is 1. The van der Waals surface area contributed by atoms with Crippen LogP contribution >= 0.6 is 0 Å². The Morgan fingerprint density at radius 2 is 1.72 bits per heavy atom. The van der Waals surface area contributed by atoms with Gasteiger partial charge in [0.1, 0.15) is 5.75 Å². The van der Waals surface area contributed by atoms with Crippen molar-refractivity contribution < 1.29 is 27.5 Å². The molecule has 8 heteroatoms. The lowest BCUT2D eigenvalue weighted by molar-refractivity contribution is -0.137. The SMILES string of the molecule is COc1ccc(C)cc1C(C)NC(=O)C1CCN(C(=O)c2ccc(C(F)(F)F)cc2)CC1. The Morgan fingerprint density at radius 1 is 1.09 bits per heavy atom. The van der Waals surface area contributed by atoms with E-state index in [0.717, 1.165) is 23.3 Å². The maximum atomic E-state index is 12.8. The summed E-state index contributed by atoms with van der Waals surface area (Å²) in [6.07, 6.45) is -3.45. The van der Waals surface area contributed by atoms with Crippen LogP contribution in [0, 0.1) is 12.8 Å². The normalized spacial score (nSPS) is 15.9. The van der Waals surface area contributed by atoms with E-state index in [1.165, 1.54) is 12.1 Å². The molecule has 1 aliphatic heterocycles. The smallest absolute Gasteiger partial charge is 0.416 e. The van der Waals surface area contributed by atoms with E-state index in [1.807, 2.05) is 32.0 Å². The fourth-order valence-electron chi connectivity index (χ4n) is 3.93. The van der Waals surface area contributed by atoms with Crippen LogP contribution < -0.4 is 10.1 Å². The van der Waals surface area contributed by atoms with Crippen molar-refractivity contribution in [3.8, 4) is 5.75 Å². The molecule has 1 N–H and O–H groups in total. The van der Waals surface area contributed by atoms with E-state index in [0.29, 0.717) is 31.7 Å². The van der Waals surface area contributed by atoms with E-state index < -0.39 is 11.7 Å². The van der Waals surface area contributed by atoms with Gasteiger partial charge in [-0.05, 0) is 57.0 Å². The molecule has 1 unspecified atom stereocenters. The van der Waals surface area contributed by atoms with Crippen molar-refractivity contribution >= 4 is 11.8 Å². The Balaban J connectivity index is 1.56. The lowest BCUT2D eigenvalue weighted by atomic mass is 9.94. The highest BCUT2D eigenvalue weighted by Crippen LogP contribution is 2.30. The minimum Gasteiger partial charge on any atom is -0.496 e. The number of hydrogen-bond donors (Lipinski definition) is 1. The molecule has 32 heavy (non-hydrogen) atoms. The molecule has 0 bridgehead atoms. The molecular formula is C24H27F3N2O3. The van der Waals surface area contributed by atoms with Crippen molar-refractivity contribution in [2.75, 3.05) is 20.2 Å². The van der Waals surface area contributed by atoms with Gasteiger partial charge >= 0.3 is 6.18 Å². The van der Waals surface area contributed by atoms with Crippen molar-refractivity contribution in [1.82, 2.24) is 10.2 Å². The summed E-state index contributed by atoms with van der Waals surface area (Å²) >= 11 is 0. The highest BCUT2D eigenvalue weighted by Gasteiger charge is 2.32. The van der Waals surface area contributed by atoms with Crippen LogP contribution in [0.1, 0.15) is 52.9 Å². The molecule has 2 aromatic rings. The predicted molar refractivity (Wildman–Crippen MR) is 114 cm³/mol. The van der Waals surface area contributed by atoms with Gasteiger partial charge in [0.2, 0.25) is 5.91 Å². The maximum absolute atomic E-state index is 12.8. The fraction of sp³-hybridized carbons (Fsp3) is 0.417. The molecule has 1 atom stereocenters. The van der Waals surface area contributed by atoms with Gasteiger partial charge in [0.05, 0.1) is 18.7 Å². The molecule has 0 radical (unpaired) electrons. The van der Waals surface area contributed by atoms with E-state index in [1.54, 1.807) is 12.0 Å². The molecule has 1 heterocycles. The fourth-order valence-corrected chi connectivity index (χ4v) is 3.93. The lowest BCUT2D eigenvalue weighted by Gasteiger charge is -2.32. The lowest BCUT2D eigenvalue weighted by Crippen LogP contribution is -2.43. The van der Waals surface area contributed by atoms with Crippen LogP contribution in [0.15, 0.2) is 42.5 Å². The van der Waals surface area contributed by atoms with Gasteiger partial charge in [-0.3, -0.25) is 9.59 Å². The third-order valence-corrected chi connectivity index (χ3v) is 5.82. The van der Waals surface area contributed by atoms with E-state index in [4.69, 9.17) is 4.74 Å². The molecule has 1 saturated heterocycles. The van der Waals surface area contributed by atoms with Gasteiger partial charge in [0.25, 0.3) is 5.91 Å². The minimum absolute atomic E-state index is 0.0808. The standard InChI is InChI=1S/C24H27F3N2O3/c1-15-4-9-21(32-3)20(14-15)16(2)28-22(30)17-10-12-29(13-11-17)23(31)18-5-7-19(8-6-18)24(25,26)27/h4-9,14,16-17H,10-13H2,1-3H3,(H,28,30). The van der Waals surface area contributed by atoms with Crippen molar-refractivity contribution in [3.05, 3.63) is 64.7 Å². The number of carbonyl (C=O) groups excluding carboxylic acids is 2. The molecule has 1 aliphatic rings. The average Bonchev–Trinajstić information content (AvgIpc) is 2.78. The average molecular weight is 448 g/mol. The van der Waals surface area contributed by atoms with Crippen molar-refractivity contribution in [2.24, 2.45) is 5.92 Å². The number of nitrogens with one attached hydrogen (secondary N) is 1. The molecule has 3 rings (SSSR count). The highest BCUT2D eigenvalue weighted by molar-refractivity contribution is 5.94. The number of ether oxygens (including phenoxy) is 1. The van der Waals surface area contributed by atoms with E-state index in [-0.39, 0.29) is 29.3 Å². The molecule has 0 spiro atoms. The van der Waals surface area contributed by atoms with Gasteiger partial charge in [-0.2, -0.15) is 13.2 Å². The zero-order valence-electron chi connectivity index (χ0n) is 18.3. The number of likely N-dealkylation sites (tertiary alicyclic amines) is 1. The summed E-state index contributed by atoms with van der Waals surface area (Å²) in [7, 11) is 1.59. The van der Waals surface area contributed by atoms with Crippen LogP contribution in [0.5, 0.6) is 5.75 Å². The highest BCUT2D eigenvalue weighted by atomic mass is 19.4. The summed E-state index contributed by atoms with van der Waals surface area (Å²) in [5.41, 5.74) is 1.39. The number of rotatable bonds is 5. The largest absolute Gasteiger partial charge is 0.496 e. The number of alkyl halides is 3. The van der Waals surface area contributed by atoms with E-state index in [2.05, 4.69) is 5.32 Å². The molecule has 0 aliphatic carbocycles. The van der Waals surface area contributed by atoms with Crippen LogP contribution in [-0.4, -0.2) is 36.9 Å². The third kappa shape index (κ3) is 5.41. The zero-order chi connectivity index (χ0) is 23.5. The first kappa shape index (κ1) is 23.6. The monoisotopic (exact) mass is 448 g/mol. The summed E-state index contributed by atoms with van der Waals surface area (Å²) in [5.74, 6) is 0.0726. The molecule has 2 aromatic carbocycles. The number of halogens is 3. The van der Waals surface area contributed by atoms with Gasteiger partial charge in [-0.1, -0.05) is 17.7 Å². The first-order valence-electron chi connectivity index (χ1n) is 10.5. The number of amides is 2. The number of carbonyl (C=O) groups is 2. The van der Waals surface area contributed by atoms with Gasteiger partial charge in [-0.15, -0.1) is 0 Å². The summed E-state index contributed by atoms with van der Waals surface area (Å²) < 4.78 is 43.5. The Labute approximate surface area is 185 Å². The number of nitrogens with zero attached hydrogens (tertiary/aromatic N) is 1. The van der Waals surface area contributed by atoms with Crippen LogP contribution in [0.25, 0.3) is 0 Å². The molecular weight excluding hydrogens is 421 g/mol. The second-order valence-electron chi connectivity index (χ2n) is 8.12. The zero-order valence-corrected chi connectivity index (χ0v) is 18.3. The molecule has 2 amide bonds. The molecule has 0 saturated carbocycles. The minimum atomic E-state index is -4.44. The van der Waals surface area contributed by atoms with Crippen molar-refractivity contribution in [1.29, 1.82) is 0 Å². The number of methoxy groups -OCH3 is 1. The Bertz CT molecular complexity index is 965. The van der Waals surface area contributed by atoms with Crippen LogP contribution in [0.2, 0.25) is 0 Å². The summed E-state index contributed by atoms with van der Waals surface area (Å²) in [6.45, 7) is 4.62. The third-order valence-electron chi connectivity index (χ3n) is 5.82. The quantitative estimate of drug-likeness (QED) is 0.718. The molecule has 1 fully saturated rings. The molecule has 5 nitrogen and oxygen atoms in total. The Hall–Kier alpha value is -3.03.